The van der Waals surface area contributed by atoms with Crippen molar-refractivity contribution in [1.82, 2.24) is 4.98 Å². The molecule has 2 aromatic rings. The second kappa shape index (κ2) is 5.43. The number of amides is 1. The Balaban J connectivity index is 1.97. The van der Waals surface area contributed by atoms with E-state index in [9.17, 15) is 4.79 Å². The number of hydrogen-bond donors (Lipinski definition) is 0. The van der Waals surface area contributed by atoms with Gasteiger partial charge in [-0.3, -0.25) is 4.79 Å². The molecule has 0 N–H and O–H groups in total. The number of pyridine rings is 1. The summed E-state index contributed by atoms with van der Waals surface area (Å²) in [6.45, 7) is 0.704. The molecule has 5 heteroatoms. The molecule has 102 valence electrons. The number of carbonyl (C=O) groups excluding carboxylic acids is 1. The van der Waals surface area contributed by atoms with Crippen LogP contribution in [0, 0.1) is 0 Å². The molecule has 1 aliphatic heterocycles. The summed E-state index contributed by atoms with van der Waals surface area (Å²) in [5, 5.41) is 0.505. The number of nitrogens with zero attached hydrogens (tertiary/aromatic N) is 2. The van der Waals surface area contributed by atoms with Gasteiger partial charge in [-0.2, -0.15) is 0 Å². The molecular weight excluding hydrogens is 295 g/mol. The van der Waals surface area contributed by atoms with Crippen LogP contribution in [-0.4, -0.2) is 17.4 Å². The monoisotopic (exact) mass is 306 g/mol. The standard InChI is InChI=1S/C15H12Cl2N2O/c16-12-8-11(9-18-14(12)17)15(20)19-7-3-5-10-4-1-2-6-13(10)19/h1-2,4,6,8-9H,3,5,7H2. The van der Waals surface area contributed by atoms with Gasteiger partial charge in [0, 0.05) is 18.4 Å². The maximum Gasteiger partial charge on any atom is 0.259 e. The van der Waals surface area contributed by atoms with Crippen LogP contribution in [0.3, 0.4) is 0 Å². The third-order valence-corrected chi connectivity index (χ3v) is 4.08. The van der Waals surface area contributed by atoms with Crippen molar-refractivity contribution >= 4 is 34.8 Å². The Bertz CT molecular complexity index is 673. The zero-order valence-electron chi connectivity index (χ0n) is 10.6. The Labute approximate surface area is 127 Å². The van der Waals surface area contributed by atoms with Crippen molar-refractivity contribution in [1.29, 1.82) is 0 Å². The number of benzene rings is 1. The molecule has 0 atom stereocenters. The van der Waals surface area contributed by atoms with Crippen molar-refractivity contribution in [3.05, 3.63) is 57.8 Å². The molecule has 0 aliphatic carbocycles. The average Bonchev–Trinajstić information content (AvgIpc) is 2.49. The molecule has 0 fully saturated rings. The molecule has 1 aromatic heterocycles. The van der Waals surface area contributed by atoms with Crippen LogP contribution in [0.4, 0.5) is 5.69 Å². The van der Waals surface area contributed by atoms with Gasteiger partial charge in [-0.25, -0.2) is 4.98 Å². The molecule has 0 spiro atoms. The van der Waals surface area contributed by atoms with Gasteiger partial charge in [-0.05, 0) is 30.5 Å². The van der Waals surface area contributed by atoms with Crippen molar-refractivity contribution in [2.75, 3.05) is 11.4 Å². The van der Waals surface area contributed by atoms with Crippen LogP contribution in [-0.2, 0) is 6.42 Å². The van der Waals surface area contributed by atoms with Crippen molar-refractivity contribution in [3.8, 4) is 0 Å². The van der Waals surface area contributed by atoms with Crippen molar-refractivity contribution in [3.63, 3.8) is 0 Å². The van der Waals surface area contributed by atoms with Crippen LogP contribution < -0.4 is 4.90 Å². The van der Waals surface area contributed by atoms with Gasteiger partial charge in [0.05, 0.1) is 10.6 Å². The Morgan fingerprint density at radius 3 is 2.85 bits per heavy atom. The summed E-state index contributed by atoms with van der Waals surface area (Å²) in [5.41, 5.74) is 2.62. The highest BCUT2D eigenvalue weighted by atomic mass is 35.5. The van der Waals surface area contributed by atoms with Gasteiger partial charge in [0.15, 0.2) is 0 Å². The summed E-state index contributed by atoms with van der Waals surface area (Å²) >= 11 is 11.7. The van der Waals surface area contributed by atoms with Crippen molar-refractivity contribution in [2.24, 2.45) is 0 Å². The normalized spacial score (nSPS) is 14.0. The van der Waals surface area contributed by atoms with E-state index in [1.165, 1.54) is 11.8 Å². The summed E-state index contributed by atoms with van der Waals surface area (Å²) in [4.78, 5) is 18.3. The van der Waals surface area contributed by atoms with E-state index in [1.807, 2.05) is 18.2 Å². The molecular formula is C15H12Cl2N2O. The largest absolute Gasteiger partial charge is 0.308 e. The molecule has 0 saturated heterocycles. The lowest BCUT2D eigenvalue weighted by Gasteiger charge is -2.29. The maximum absolute atomic E-state index is 12.6. The zero-order chi connectivity index (χ0) is 14.1. The Hall–Kier alpha value is -1.58. The van der Waals surface area contributed by atoms with E-state index in [4.69, 9.17) is 23.2 Å². The second-order valence-corrected chi connectivity index (χ2v) is 5.45. The summed E-state index contributed by atoms with van der Waals surface area (Å²) in [6, 6.07) is 9.53. The molecule has 0 bridgehead atoms. The van der Waals surface area contributed by atoms with Gasteiger partial charge in [0.25, 0.3) is 5.91 Å². The van der Waals surface area contributed by atoms with Crippen LogP contribution in [0.25, 0.3) is 0 Å². The SMILES string of the molecule is O=C(c1cnc(Cl)c(Cl)c1)N1CCCc2ccccc21. The van der Waals surface area contributed by atoms with Gasteiger partial charge >= 0.3 is 0 Å². The minimum atomic E-state index is -0.0942. The number of carbonyl (C=O) groups is 1. The first-order chi connectivity index (χ1) is 9.66. The number of hydrogen-bond acceptors (Lipinski definition) is 2. The van der Waals surface area contributed by atoms with E-state index in [1.54, 1.807) is 11.0 Å². The quantitative estimate of drug-likeness (QED) is 0.747. The number of halogens is 2. The highest BCUT2D eigenvalue weighted by molar-refractivity contribution is 6.41. The van der Waals surface area contributed by atoms with E-state index in [0.717, 1.165) is 18.5 Å². The zero-order valence-corrected chi connectivity index (χ0v) is 12.2. The number of fused-ring (bicyclic) bond motifs is 1. The highest BCUT2D eigenvalue weighted by Gasteiger charge is 2.23. The number of aryl methyl sites for hydroxylation is 1. The molecule has 1 amide bonds. The number of rotatable bonds is 1. The van der Waals surface area contributed by atoms with Crippen molar-refractivity contribution in [2.45, 2.75) is 12.8 Å². The topological polar surface area (TPSA) is 33.2 Å². The fraction of sp³-hybridized carbons (Fsp3) is 0.200. The van der Waals surface area contributed by atoms with Gasteiger partial charge in [0.1, 0.15) is 5.15 Å². The van der Waals surface area contributed by atoms with Crippen LogP contribution in [0.15, 0.2) is 36.5 Å². The Morgan fingerprint density at radius 1 is 1.25 bits per heavy atom. The van der Waals surface area contributed by atoms with Gasteiger partial charge < -0.3 is 4.90 Å². The average molecular weight is 307 g/mol. The van der Waals surface area contributed by atoms with Crippen LogP contribution in [0.2, 0.25) is 10.2 Å². The number of para-hydroxylation sites is 1. The van der Waals surface area contributed by atoms with Crippen LogP contribution in [0.5, 0.6) is 0 Å². The molecule has 3 rings (SSSR count). The molecule has 0 radical (unpaired) electrons. The Morgan fingerprint density at radius 2 is 2.05 bits per heavy atom. The lowest BCUT2D eigenvalue weighted by atomic mass is 10.0. The minimum Gasteiger partial charge on any atom is -0.308 e. The Kier molecular flexibility index (Phi) is 3.64. The summed E-state index contributed by atoms with van der Waals surface area (Å²) < 4.78 is 0. The predicted octanol–water partition coefficient (Wildman–Crippen LogP) is 3.98. The minimum absolute atomic E-state index is 0.0942. The third-order valence-electron chi connectivity index (χ3n) is 3.40. The smallest absolute Gasteiger partial charge is 0.259 e. The third kappa shape index (κ3) is 2.39. The van der Waals surface area contributed by atoms with Gasteiger partial charge in [0.2, 0.25) is 0 Å². The molecule has 0 unspecified atom stereocenters. The first kappa shape index (κ1) is 13.4. The van der Waals surface area contributed by atoms with Gasteiger partial charge in [-0.15, -0.1) is 0 Å². The molecule has 1 aliphatic rings. The van der Waals surface area contributed by atoms with E-state index in [-0.39, 0.29) is 11.1 Å². The summed E-state index contributed by atoms with van der Waals surface area (Å²) in [6.07, 6.45) is 3.42. The fourth-order valence-electron chi connectivity index (χ4n) is 2.44. The lowest BCUT2D eigenvalue weighted by Crippen LogP contribution is -2.35. The fourth-order valence-corrected chi connectivity index (χ4v) is 2.71. The van der Waals surface area contributed by atoms with E-state index in [0.29, 0.717) is 17.1 Å². The number of anilines is 1. The highest BCUT2D eigenvalue weighted by Crippen LogP contribution is 2.29. The van der Waals surface area contributed by atoms with Crippen LogP contribution in [0.1, 0.15) is 22.3 Å². The summed E-state index contributed by atoms with van der Waals surface area (Å²) in [5.74, 6) is -0.0942. The number of aromatic nitrogens is 1. The predicted molar refractivity (Wildman–Crippen MR) is 80.7 cm³/mol. The first-order valence-corrected chi connectivity index (χ1v) is 7.13. The summed E-state index contributed by atoms with van der Waals surface area (Å²) in [7, 11) is 0. The van der Waals surface area contributed by atoms with Gasteiger partial charge in [-0.1, -0.05) is 41.4 Å². The molecule has 3 nitrogen and oxygen atoms in total. The molecule has 20 heavy (non-hydrogen) atoms. The molecule has 1 aromatic carbocycles. The van der Waals surface area contributed by atoms with Crippen LogP contribution >= 0.6 is 23.2 Å². The van der Waals surface area contributed by atoms with E-state index >= 15 is 0 Å². The lowest BCUT2D eigenvalue weighted by molar-refractivity contribution is 0.0985. The van der Waals surface area contributed by atoms with E-state index < -0.39 is 0 Å². The maximum atomic E-state index is 12.6. The first-order valence-electron chi connectivity index (χ1n) is 6.37. The van der Waals surface area contributed by atoms with Crippen molar-refractivity contribution < 1.29 is 4.79 Å². The molecule has 2 heterocycles. The van der Waals surface area contributed by atoms with E-state index in [2.05, 4.69) is 11.1 Å². The second-order valence-electron chi connectivity index (χ2n) is 4.69. The molecule has 0 saturated carbocycles.